The van der Waals surface area contributed by atoms with Gasteiger partial charge in [0, 0.05) is 16.7 Å². The molecule has 0 radical (unpaired) electrons. The summed E-state index contributed by atoms with van der Waals surface area (Å²) in [5, 5.41) is -1.16. The van der Waals surface area contributed by atoms with Crippen molar-refractivity contribution in [2.75, 3.05) is 7.11 Å². The van der Waals surface area contributed by atoms with Crippen LogP contribution in [-0.4, -0.2) is 43.7 Å². The number of rotatable bonds is 8. The fraction of sp³-hybridized carbons (Fsp3) is 0.179. The standard InChI is InChI=1S/C39H32Cl4N2O5SSi/c1-8-9-25-12-16-28(24(3)20-25)37(47)35-34(33(41)39(43)45(35)51(48,49)27-14-10-23(2)11-15-27)44-31(22-30(40)38(44)42)36(46)29-17-13-26(21-32(29)50-4)18-19-52(5,6)7/h10-17,20-22H,1-7H3. The second-order valence-electron chi connectivity index (χ2n) is 12.9. The van der Waals surface area contributed by atoms with Crippen molar-refractivity contribution in [3.63, 3.8) is 0 Å². The maximum atomic E-state index is 14.7. The minimum atomic E-state index is -4.58. The van der Waals surface area contributed by atoms with Crippen molar-refractivity contribution >= 4 is 76.1 Å². The molecule has 0 unspecified atom stereocenters. The smallest absolute Gasteiger partial charge is 0.269 e. The number of ketones is 2. The molecule has 0 saturated heterocycles. The highest BCUT2D eigenvalue weighted by atomic mass is 35.5. The second-order valence-corrected chi connectivity index (χ2v) is 20.9. The Bertz CT molecular complexity index is 2530. The third-order valence-electron chi connectivity index (χ3n) is 7.89. The van der Waals surface area contributed by atoms with E-state index in [0.717, 1.165) is 10.1 Å². The normalized spacial score (nSPS) is 11.4. The summed E-state index contributed by atoms with van der Waals surface area (Å²) in [7, 11) is -4.86. The van der Waals surface area contributed by atoms with Crippen LogP contribution in [0.2, 0.25) is 40.0 Å². The Morgan fingerprint density at radius 1 is 0.788 bits per heavy atom. The highest BCUT2D eigenvalue weighted by Crippen LogP contribution is 2.43. The zero-order valence-electron chi connectivity index (χ0n) is 29.2. The Balaban J connectivity index is 1.82. The van der Waals surface area contributed by atoms with Gasteiger partial charge in [-0.05, 0) is 80.9 Å². The maximum absolute atomic E-state index is 14.7. The topological polar surface area (TPSA) is 87.4 Å². The minimum absolute atomic E-state index is 0.0694. The third-order valence-corrected chi connectivity index (χ3v) is 12.2. The van der Waals surface area contributed by atoms with Crippen LogP contribution in [0.1, 0.15) is 61.3 Å². The molecule has 0 aliphatic carbocycles. The number of hydrogen-bond acceptors (Lipinski definition) is 5. The maximum Gasteiger partial charge on any atom is 0.269 e. The Hall–Kier alpha value is -4.19. The lowest BCUT2D eigenvalue weighted by molar-refractivity contribution is 0.101. The molecule has 0 aliphatic heterocycles. The predicted octanol–water partition coefficient (Wildman–Crippen LogP) is 9.82. The molecule has 2 heterocycles. The Morgan fingerprint density at radius 3 is 1.98 bits per heavy atom. The summed E-state index contributed by atoms with van der Waals surface area (Å²) in [6.07, 6.45) is 0. The van der Waals surface area contributed by atoms with Gasteiger partial charge in [-0.15, -0.1) is 11.5 Å². The highest BCUT2D eigenvalue weighted by molar-refractivity contribution is 7.90. The first kappa shape index (κ1) is 39.0. The summed E-state index contributed by atoms with van der Waals surface area (Å²) >= 11 is 27.1. The van der Waals surface area contributed by atoms with Crippen LogP contribution in [0.15, 0.2) is 71.6 Å². The monoisotopic (exact) mass is 808 g/mol. The molecular formula is C39H32Cl4N2O5SSi. The summed E-state index contributed by atoms with van der Waals surface area (Å²) in [5.74, 6) is 7.75. The number of aromatic nitrogens is 2. The number of hydrogen-bond donors (Lipinski definition) is 0. The van der Waals surface area contributed by atoms with E-state index in [4.69, 9.17) is 51.1 Å². The van der Waals surface area contributed by atoms with E-state index in [0.29, 0.717) is 20.7 Å². The van der Waals surface area contributed by atoms with Gasteiger partial charge >= 0.3 is 0 Å². The van der Waals surface area contributed by atoms with Crippen LogP contribution in [0, 0.1) is 37.2 Å². The lowest BCUT2D eigenvalue weighted by Gasteiger charge is -2.16. The van der Waals surface area contributed by atoms with E-state index in [1.54, 1.807) is 63.2 Å². The van der Waals surface area contributed by atoms with Crippen molar-refractivity contribution in [3.8, 4) is 34.7 Å². The predicted molar refractivity (Wildman–Crippen MR) is 211 cm³/mol. The van der Waals surface area contributed by atoms with Crippen molar-refractivity contribution in [1.29, 1.82) is 0 Å². The molecule has 0 fully saturated rings. The van der Waals surface area contributed by atoms with Crippen molar-refractivity contribution < 1.29 is 22.7 Å². The SMILES string of the molecule is CC#Cc1ccc(C(=O)c2c(-n3c(C(=O)c4ccc(C#C[Si](C)(C)C)cc4OC)cc(Cl)c3Cl)c(Cl)c(Cl)n2S(=O)(=O)c2ccc(C)cc2)c(C)c1. The zero-order valence-corrected chi connectivity index (χ0v) is 34.0. The first-order valence-corrected chi connectivity index (χ1v) is 22.2. The quantitative estimate of drug-likeness (QED) is 0.0885. The fourth-order valence-corrected chi connectivity index (χ4v) is 8.49. The number of nitrogens with zero attached hydrogens (tertiary/aromatic N) is 2. The van der Waals surface area contributed by atoms with Crippen molar-refractivity contribution in [2.45, 2.75) is 45.3 Å². The fourth-order valence-electron chi connectivity index (χ4n) is 5.40. The van der Waals surface area contributed by atoms with E-state index >= 15 is 0 Å². The summed E-state index contributed by atoms with van der Waals surface area (Å²) in [6.45, 7) is 11.5. The van der Waals surface area contributed by atoms with Crippen LogP contribution in [0.25, 0.3) is 5.69 Å². The van der Waals surface area contributed by atoms with Crippen LogP contribution >= 0.6 is 46.4 Å². The van der Waals surface area contributed by atoms with Crippen LogP contribution in [-0.2, 0) is 10.0 Å². The highest BCUT2D eigenvalue weighted by Gasteiger charge is 2.37. The number of aryl methyl sites for hydroxylation is 2. The zero-order chi connectivity index (χ0) is 38.3. The van der Waals surface area contributed by atoms with Gasteiger partial charge in [0.2, 0.25) is 11.6 Å². The molecule has 0 N–H and O–H groups in total. The molecule has 7 nitrogen and oxygen atoms in total. The number of halogens is 4. The van der Waals surface area contributed by atoms with Crippen LogP contribution < -0.4 is 4.74 Å². The molecule has 5 aromatic rings. The number of benzene rings is 3. The molecule has 0 bridgehead atoms. The summed E-state index contributed by atoms with van der Waals surface area (Å²) in [5.41, 5.74) is 5.27. The third kappa shape index (κ3) is 7.49. The Kier molecular flexibility index (Phi) is 11.3. The molecule has 13 heteroatoms. The van der Waals surface area contributed by atoms with Gasteiger partial charge in [-0.3, -0.25) is 14.2 Å². The molecule has 0 amide bonds. The van der Waals surface area contributed by atoms with E-state index < -0.39 is 40.5 Å². The molecule has 0 atom stereocenters. The van der Waals surface area contributed by atoms with Crippen LogP contribution in [0.5, 0.6) is 5.75 Å². The number of carbonyl (C=O) groups excluding carboxylic acids is 2. The first-order chi connectivity index (χ1) is 24.4. The molecule has 52 heavy (non-hydrogen) atoms. The van der Waals surface area contributed by atoms with E-state index in [1.165, 1.54) is 31.4 Å². The van der Waals surface area contributed by atoms with Gasteiger partial charge < -0.3 is 4.74 Å². The van der Waals surface area contributed by atoms with Crippen molar-refractivity contribution in [2.24, 2.45) is 0 Å². The number of methoxy groups -OCH3 is 1. The molecule has 0 aliphatic rings. The summed E-state index contributed by atoms with van der Waals surface area (Å²) < 4.78 is 36.2. The van der Waals surface area contributed by atoms with Crippen molar-refractivity contribution in [3.05, 3.63) is 132 Å². The van der Waals surface area contributed by atoms with E-state index in [9.17, 15) is 18.0 Å². The van der Waals surface area contributed by atoms with E-state index in [2.05, 4.69) is 42.9 Å². The number of ether oxygens (including phenoxy) is 1. The number of carbonyl (C=O) groups is 2. The molecule has 0 spiro atoms. The van der Waals surface area contributed by atoms with Gasteiger partial charge in [0.05, 0.1) is 34.0 Å². The Morgan fingerprint density at radius 2 is 1.40 bits per heavy atom. The summed E-state index contributed by atoms with van der Waals surface area (Å²) in [4.78, 5) is 29.0. The van der Waals surface area contributed by atoms with Gasteiger partial charge in [0.25, 0.3) is 10.0 Å². The van der Waals surface area contributed by atoms with Crippen LogP contribution in [0.4, 0.5) is 0 Å². The molecule has 2 aromatic heterocycles. The lowest BCUT2D eigenvalue weighted by Crippen LogP contribution is -2.22. The average molecular weight is 811 g/mol. The van der Waals surface area contributed by atoms with E-state index in [-0.39, 0.29) is 48.4 Å². The Labute approximate surface area is 324 Å². The van der Waals surface area contributed by atoms with Gasteiger partial charge in [0.15, 0.2) is 0 Å². The van der Waals surface area contributed by atoms with Crippen molar-refractivity contribution in [1.82, 2.24) is 8.54 Å². The van der Waals surface area contributed by atoms with Gasteiger partial charge in [-0.2, -0.15) is 0 Å². The summed E-state index contributed by atoms with van der Waals surface area (Å²) in [6, 6.07) is 17.1. The minimum Gasteiger partial charge on any atom is -0.496 e. The second kappa shape index (κ2) is 15.0. The van der Waals surface area contributed by atoms with Gasteiger partial charge in [-0.1, -0.05) is 95.6 Å². The van der Waals surface area contributed by atoms with Gasteiger partial charge in [-0.25, -0.2) is 12.4 Å². The van der Waals surface area contributed by atoms with Crippen LogP contribution in [0.3, 0.4) is 0 Å². The van der Waals surface area contributed by atoms with Gasteiger partial charge in [0.1, 0.15) is 34.8 Å². The average Bonchev–Trinajstić information content (AvgIpc) is 3.53. The molecular weight excluding hydrogens is 778 g/mol. The lowest BCUT2D eigenvalue weighted by atomic mass is 9.99. The largest absolute Gasteiger partial charge is 0.496 e. The van der Waals surface area contributed by atoms with E-state index in [1.807, 2.05) is 0 Å². The first-order valence-electron chi connectivity index (χ1n) is 15.7. The molecule has 0 saturated carbocycles. The molecule has 3 aromatic carbocycles. The molecule has 266 valence electrons. The molecule has 5 rings (SSSR count).